The fraction of sp³-hybridized carbons (Fsp3) is 0.133. The zero-order valence-corrected chi connectivity index (χ0v) is 11.4. The first kappa shape index (κ1) is 12.3. The van der Waals surface area contributed by atoms with Gasteiger partial charge in [0.25, 0.3) is 0 Å². The van der Waals surface area contributed by atoms with Crippen LogP contribution in [0.15, 0.2) is 48.9 Å². The van der Waals surface area contributed by atoms with Crippen molar-refractivity contribution in [1.29, 1.82) is 0 Å². The van der Waals surface area contributed by atoms with Gasteiger partial charge in [0.2, 0.25) is 5.95 Å². The van der Waals surface area contributed by atoms with E-state index in [0.29, 0.717) is 5.95 Å². The summed E-state index contributed by atoms with van der Waals surface area (Å²) in [7, 11) is 0. The summed E-state index contributed by atoms with van der Waals surface area (Å²) in [6.07, 6.45) is 3.55. The van der Waals surface area contributed by atoms with Crippen molar-refractivity contribution in [2.24, 2.45) is 0 Å². The predicted octanol–water partition coefficient (Wildman–Crippen LogP) is 3.02. The van der Waals surface area contributed by atoms with Crippen LogP contribution in [0, 0.1) is 13.8 Å². The van der Waals surface area contributed by atoms with Gasteiger partial charge in [-0.25, -0.2) is 4.68 Å². The molecule has 0 aliphatic heterocycles. The maximum atomic E-state index is 4.44. The molecule has 5 heteroatoms. The Kier molecular flexibility index (Phi) is 3.16. The highest BCUT2D eigenvalue weighted by Crippen LogP contribution is 2.16. The van der Waals surface area contributed by atoms with Gasteiger partial charge in [-0.1, -0.05) is 18.2 Å². The number of benzene rings is 1. The molecule has 100 valence electrons. The molecule has 1 aromatic carbocycles. The van der Waals surface area contributed by atoms with E-state index in [1.165, 1.54) is 0 Å². The summed E-state index contributed by atoms with van der Waals surface area (Å²) in [6, 6.07) is 11.9. The second-order valence-electron chi connectivity index (χ2n) is 4.62. The summed E-state index contributed by atoms with van der Waals surface area (Å²) in [5, 5.41) is 7.61. The number of nitrogens with one attached hydrogen (secondary N) is 1. The number of rotatable bonds is 3. The van der Waals surface area contributed by atoms with Gasteiger partial charge in [-0.3, -0.25) is 4.98 Å². The summed E-state index contributed by atoms with van der Waals surface area (Å²) < 4.78 is 1.76. The van der Waals surface area contributed by atoms with E-state index in [9.17, 15) is 0 Å². The third-order valence-corrected chi connectivity index (χ3v) is 2.98. The molecule has 0 saturated carbocycles. The molecule has 0 fully saturated rings. The quantitative estimate of drug-likeness (QED) is 0.791. The average molecular weight is 265 g/mol. The lowest BCUT2D eigenvalue weighted by molar-refractivity contribution is 0.867. The molecular weight excluding hydrogens is 250 g/mol. The summed E-state index contributed by atoms with van der Waals surface area (Å²) in [5.41, 5.74) is 3.98. The second-order valence-corrected chi connectivity index (χ2v) is 4.62. The monoisotopic (exact) mass is 265 g/mol. The zero-order chi connectivity index (χ0) is 13.9. The van der Waals surface area contributed by atoms with E-state index in [4.69, 9.17) is 0 Å². The highest BCUT2D eigenvalue weighted by molar-refractivity contribution is 5.52. The van der Waals surface area contributed by atoms with E-state index < -0.39 is 0 Å². The Morgan fingerprint density at radius 3 is 2.65 bits per heavy atom. The Labute approximate surface area is 117 Å². The number of nitrogens with zero attached hydrogens (tertiary/aromatic N) is 4. The van der Waals surface area contributed by atoms with E-state index in [-0.39, 0.29) is 0 Å². The first-order valence-corrected chi connectivity index (χ1v) is 6.40. The fourth-order valence-electron chi connectivity index (χ4n) is 1.95. The maximum Gasteiger partial charge on any atom is 0.246 e. The molecule has 0 atom stereocenters. The molecule has 0 saturated heterocycles. The molecule has 0 bridgehead atoms. The van der Waals surface area contributed by atoms with Crippen molar-refractivity contribution in [2.75, 3.05) is 5.32 Å². The van der Waals surface area contributed by atoms with Gasteiger partial charge in [-0.15, -0.1) is 5.10 Å². The van der Waals surface area contributed by atoms with E-state index in [1.54, 1.807) is 11.0 Å². The molecular formula is C15H15N5. The van der Waals surface area contributed by atoms with Crippen LogP contribution >= 0.6 is 0 Å². The fourth-order valence-corrected chi connectivity index (χ4v) is 1.95. The van der Waals surface area contributed by atoms with Gasteiger partial charge in [0.05, 0.1) is 5.69 Å². The van der Waals surface area contributed by atoms with Crippen molar-refractivity contribution < 1.29 is 0 Å². The minimum Gasteiger partial charge on any atom is -0.323 e. The number of aromatic nitrogens is 4. The number of anilines is 2. The van der Waals surface area contributed by atoms with Gasteiger partial charge in [0.15, 0.2) is 0 Å². The number of para-hydroxylation sites is 1. The first-order valence-electron chi connectivity index (χ1n) is 6.40. The number of aryl methyl sites for hydroxylation is 2. The summed E-state index contributed by atoms with van der Waals surface area (Å²) in [6.45, 7) is 3.97. The van der Waals surface area contributed by atoms with Crippen molar-refractivity contribution in [3.05, 3.63) is 60.2 Å². The van der Waals surface area contributed by atoms with E-state index in [0.717, 1.165) is 22.6 Å². The van der Waals surface area contributed by atoms with Crippen LogP contribution in [-0.4, -0.2) is 19.7 Å². The minimum atomic E-state index is 0.574. The van der Waals surface area contributed by atoms with Gasteiger partial charge in [0.1, 0.15) is 6.33 Å². The lowest BCUT2D eigenvalue weighted by Crippen LogP contribution is -2.00. The van der Waals surface area contributed by atoms with Crippen LogP contribution in [0.1, 0.15) is 11.3 Å². The molecule has 1 N–H and O–H groups in total. The molecule has 20 heavy (non-hydrogen) atoms. The Morgan fingerprint density at radius 1 is 1.05 bits per heavy atom. The number of pyridine rings is 1. The Bertz CT molecular complexity index is 718. The smallest absolute Gasteiger partial charge is 0.246 e. The van der Waals surface area contributed by atoms with Crippen LogP contribution in [0.4, 0.5) is 11.6 Å². The lowest BCUT2D eigenvalue weighted by Gasteiger charge is -2.05. The van der Waals surface area contributed by atoms with Crippen molar-refractivity contribution in [2.45, 2.75) is 13.8 Å². The Balaban J connectivity index is 1.88. The minimum absolute atomic E-state index is 0.574. The van der Waals surface area contributed by atoms with Crippen molar-refractivity contribution >= 4 is 11.6 Å². The van der Waals surface area contributed by atoms with Gasteiger partial charge in [-0.2, -0.15) is 4.98 Å². The summed E-state index contributed by atoms with van der Waals surface area (Å²) >= 11 is 0. The molecule has 0 aliphatic rings. The second kappa shape index (κ2) is 5.13. The van der Waals surface area contributed by atoms with Crippen molar-refractivity contribution in [3.8, 4) is 5.69 Å². The third kappa shape index (κ3) is 2.51. The molecule has 0 spiro atoms. The first-order chi connectivity index (χ1) is 9.72. The average Bonchev–Trinajstić information content (AvgIpc) is 2.91. The zero-order valence-electron chi connectivity index (χ0n) is 11.4. The molecule has 0 amide bonds. The largest absolute Gasteiger partial charge is 0.323 e. The highest BCUT2D eigenvalue weighted by Gasteiger charge is 2.06. The molecule has 0 aliphatic carbocycles. The summed E-state index contributed by atoms with van der Waals surface area (Å²) in [5.74, 6) is 0.574. The van der Waals surface area contributed by atoms with Crippen LogP contribution in [0.25, 0.3) is 5.69 Å². The Hall–Kier alpha value is -2.69. The third-order valence-electron chi connectivity index (χ3n) is 2.98. The van der Waals surface area contributed by atoms with Crippen LogP contribution in [0.5, 0.6) is 0 Å². The molecule has 2 heterocycles. The molecule has 3 rings (SSSR count). The summed E-state index contributed by atoms with van der Waals surface area (Å²) in [4.78, 5) is 8.54. The number of hydrogen-bond acceptors (Lipinski definition) is 4. The normalized spacial score (nSPS) is 10.5. The van der Waals surface area contributed by atoms with Gasteiger partial charge < -0.3 is 5.32 Å². The number of hydrogen-bond donors (Lipinski definition) is 1. The molecule has 5 nitrogen and oxygen atoms in total. The maximum absolute atomic E-state index is 4.44. The molecule has 2 aromatic heterocycles. The standard InChI is InChI=1S/C15H15N5/c1-11-9-16-12(2)8-14(11)20-10-17-15(19-20)18-13-6-4-3-5-7-13/h3-10H,1-2H3,(H,18,19). The van der Waals surface area contributed by atoms with Crippen LogP contribution in [-0.2, 0) is 0 Å². The topological polar surface area (TPSA) is 55.6 Å². The van der Waals surface area contributed by atoms with Crippen LogP contribution in [0.2, 0.25) is 0 Å². The molecule has 3 aromatic rings. The van der Waals surface area contributed by atoms with Crippen LogP contribution < -0.4 is 5.32 Å². The van der Waals surface area contributed by atoms with Crippen molar-refractivity contribution in [1.82, 2.24) is 19.7 Å². The van der Waals surface area contributed by atoms with Gasteiger partial charge in [0, 0.05) is 17.6 Å². The van der Waals surface area contributed by atoms with E-state index >= 15 is 0 Å². The van der Waals surface area contributed by atoms with Gasteiger partial charge in [-0.05, 0) is 37.6 Å². The molecule has 0 unspecified atom stereocenters. The van der Waals surface area contributed by atoms with E-state index in [2.05, 4.69) is 20.4 Å². The SMILES string of the molecule is Cc1cc(-n2cnc(Nc3ccccc3)n2)c(C)cn1. The van der Waals surface area contributed by atoms with Crippen LogP contribution in [0.3, 0.4) is 0 Å². The highest BCUT2D eigenvalue weighted by atomic mass is 15.4. The Morgan fingerprint density at radius 2 is 1.85 bits per heavy atom. The van der Waals surface area contributed by atoms with Gasteiger partial charge >= 0.3 is 0 Å². The predicted molar refractivity (Wildman–Crippen MR) is 78.4 cm³/mol. The lowest BCUT2D eigenvalue weighted by atomic mass is 10.2. The van der Waals surface area contributed by atoms with Crippen molar-refractivity contribution in [3.63, 3.8) is 0 Å². The molecule has 0 radical (unpaired) electrons. The van der Waals surface area contributed by atoms with E-state index in [1.807, 2.05) is 56.4 Å².